The molecule has 202 valence electrons. The van der Waals surface area contributed by atoms with Crippen LogP contribution < -0.4 is 0 Å². The van der Waals surface area contributed by atoms with Crippen LogP contribution in [0.15, 0.2) is 18.2 Å². The number of piperidine rings is 1. The highest BCUT2D eigenvalue weighted by molar-refractivity contribution is 6.42. The average Bonchev–Trinajstić information content (AvgIpc) is 3.28. The van der Waals surface area contributed by atoms with Crippen molar-refractivity contribution in [3.63, 3.8) is 0 Å². The van der Waals surface area contributed by atoms with Crippen LogP contribution in [0.2, 0.25) is 10.0 Å². The van der Waals surface area contributed by atoms with Crippen molar-refractivity contribution in [2.75, 3.05) is 6.54 Å². The highest BCUT2D eigenvalue weighted by Crippen LogP contribution is 2.53. The van der Waals surface area contributed by atoms with Gasteiger partial charge in [-0.3, -0.25) is 9.69 Å². The van der Waals surface area contributed by atoms with Crippen LogP contribution in [0.4, 0.5) is 0 Å². The zero-order chi connectivity index (χ0) is 25.3. The lowest BCUT2D eigenvalue weighted by atomic mass is 9.76. The fourth-order valence-electron chi connectivity index (χ4n) is 7.20. The zero-order valence-electron chi connectivity index (χ0n) is 22.4. The summed E-state index contributed by atoms with van der Waals surface area (Å²) in [5.74, 6) is 0.766. The Balaban J connectivity index is 1.13. The fourth-order valence-corrected chi connectivity index (χ4v) is 7.51. The smallest absolute Gasteiger partial charge is 0.306 e. The van der Waals surface area contributed by atoms with Crippen LogP contribution in [-0.2, 0) is 9.53 Å². The van der Waals surface area contributed by atoms with Crippen LogP contribution in [0.25, 0.3) is 0 Å². The Kier molecular flexibility index (Phi) is 11.3. The number of unbranched alkanes of at least 4 members (excludes halogenated alkanes) is 12. The fraction of sp³-hybridized carbons (Fsp3) is 0.774. The maximum absolute atomic E-state index is 12.8. The van der Waals surface area contributed by atoms with Crippen molar-refractivity contribution in [1.29, 1.82) is 0 Å². The minimum Gasteiger partial charge on any atom is -0.461 e. The van der Waals surface area contributed by atoms with E-state index in [1.807, 2.05) is 12.1 Å². The number of rotatable bonds is 16. The third-order valence-corrected chi connectivity index (χ3v) is 9.82. The molecule has 1 aromatic rings. The van der Waals surface area contributed by atoms with E-state index in [0.717, 1.165) is 25.8 Å². The van der Waals surface area contributed by atoms with E-state index in [4.69, 9.17) is 27.9 Å². The Labute approximate surface area is 229 Å². The summed E-state index contributed by atoms with van der Waals surface area (Å²) in [6.07, 6.45) is 21.3. The van der Waals surface area contributed by atoms with E-state index in [1.165, 1.54) is 89.0 Å². The van der Waals surface area contributed by atoms with Gasteiger partial charge in [-0.2, -0.15) is 0 Å². The zero-order valence-corrected chi connectivity index (χ0v) is 23.9. The number of esters is 1. The van der Waals surface area contributed by atoms with E-state index in [9.17, 15) is 4.79 Å². The van der Waals surface area contributed by atoms with E-state index in [2.05, 4.69) is 17.9 Å². The number of carbonyl (C=O) groups excluding carboxylic acids is 1. The van der Waals surface area contributed by atoms with Crippen LogP contribution in [-0.4, -0.2) is 35.6 Å². The third-order valence-electron chi connectivity index (χ3n) is 9.08. The van der Waals surface area contributed by atoms with E-state index in [1.54, 1.807) is 0 Å². The Bertz CT molecular complexity index is 831. The lowest BCUT2D eigenvalue weighted by Gasteiger charge is -2.37. The summed E-state index contributed by atoms with van der Waals surface area (Å²) >= 11 is 12.5. The summed E-state index contributed by atoms with van der Waals surface area (Å²) in [7, 11) is 0. The quantitative estimate of drug-likeness (QED) is 0.156. The van der Waals surface area contributed by atoms with Gasteiger partial charge in [0.05, 0.1) is 10.0 Å². The molecule has 1 unspecified atom stereocenters. The molecule has 36 heavy (non-hydrogen) atoms. The molecule has 3 nitrogen and oxygen atoms in total. The van der Waals surface area contributed by atoms with Crippen molar-refractivity contribution in [1.82, 2.24) is 4.90 Å². The van der Waals surface area contributed by atoms with E-state index in [0.29, 0.717) is 40.4 Å². The first-order valence-electron chi connectivity index (χ1n) is 15.0. The number of ether oxygens (including phenoxy) is 1. The molecule has 0 aliphatic carbocycles. The molecule has 3 aliphatic heterocycles. The van der Waals surface area contributed by atoms with Gasteiger partial charge in [0.15, 0.2) is 0 Å². The molecule has 1 aromatic carbocycles. The second-order valence-corrected chi connectivity index (χ2v) is 12.4. The first kappa shape index (κ1) is 28.2. The summed E-state index contributed by atoms with van der Waals surface area (Å²) in [6, 6.07) is 7.22. The van der Waals surface area contributed by atoms with Gasteiger partial charge in [0.2, 0.25) is 0 Å². The molecule has 0 saturated carbocycles. The molecule has 6 atom stereocenters. The number of nitrogens with zero attached hydrogens (tertiary/aromatic N) is 1. The number of hydrogen-bond acceptors (Lipinski definition) is 3. The van der Waals surface area contributed by atoms with Crippen LogP contribution in [0.3, 0.4) is 0 Å². The normalized spacial score (nSPS) is 28.5. The van der Waals surface area contributed by atoms with Crippen molar-refractivity contribution in [2.24, 2.45) is 5.92 Å². The molecule has 0 radical (unpaired) electrons. The van der Waals surface area contributed by atoms with Crippen molar-refractivity contribution in [3.8, 4) is 0 Å². The maximum atomic E-state index is 12.8. The van der Waals surface area contributed by atoms with Gasteiger partial charge in [-0.05, 0) is 49.3 Å². The molecule has 3 heterocycles. The largest absolute Gasteiger partial charge is 0.461 e. The third kappa shape index (κ3) is 7.41. The van der Waals surface area contributed by atoms with Crippen LogP contribution in [0.5, 0.6) is 0 Å². The lowest BCUT2D eigenvalue weighted by molar-refractivity contribution is -0.150. The van der Waals surface area contributed by atoms with Crippen molar-refractivity contribution >= 4 is 29.2 Å². The molecule has 3 saturated heterocycles. The first-order chi connectivity index (χ1) is 17.6. The van der Waals surface area contributed by atoms with Gasteiger partial charge >= 0.3 is 5.97 Å². The number of benzene rings is 1. The minimum atomic E-state index is 0.000542. The Morgan fingerprint density at radius 2 is 1.53 bits per heavy atom. The Hall–Kier alpha value is -0.770. The monoisotopic (exact) mass is 535 g/mol. The first-order valence-corrected chi connectivity index (χ1v) is 15.7. The van der Waals surface area contributed by atoms with Gasteiger partial charge in [-0.15, -0.1) is 0 Å². The molecular formula is C31H47Cl2NO2. The van der Waals surface area contributed by atoms with E-state index < -0.39 is 0 Å². The average molecular weight is 537 g/mol. The Morgan fingerprint density at radius 3 is 2.17 bits per heavy atom. The molecule has 0 aromatic heterocycles. The van der Waals surface area contributed by atoms with Crippen LogP contribution >= 0.6 is 23.2 Å². The molecule has 4 bridgehead atoms. The summed E-state index contributed by atoms with van der Waals surface area (Å²) < 4.78 is 6.15. The predicted octanol–water partition coefficient (Wildman–Crippen LogP) is 9.34. The molecule has 0 N–H and O–H groups in total. The number of carbonyl (C=O) groups is 1. The highest BCUT2D eigenvalue weighted by Gasteiger charge is 2.56. The van der Waals surface area contributed by atoms with Gasteiger partial charge in [0.25, 0.3) is 0 Å². The molecule has 0 amide bonds. The second kappa shape index (κ2) is 14.4. The lowest BCUT2D eigenvalue weighted by Crippen LogP contribution is -2.41. The van der Waals surface area contributed by atoms with Crippen molar-refractivity contribution in [2.45, 2.75) is 140 Å². The molecule has 3 aliphatic rings. The van der Waals surface area contributed by atoms with Crippen LogP contribution in [0.1, 0.15) is 128 Å². The summed E-state index contributed by atoms with van der Waals surface area (Å²) in [5, 5.41) is 1.23. The van der Waals surface area contributed by atoms with E-state index in [-0.39, 0.29) is 12.1 Å². The van der Waals surface area contributed by atoms with E-state index >= 15 is 0 Å². The number of hydrogen-bond donors (Lipinski definition) is 0. The molecule has 0 spiro atoms. The topological polar surface area (TPSA) is 29.5 Å². The van der Waals surface area contributed by atoms with Crippen LogP contribution in [0, 0.1) is 5.92 Å². The van der Waals surface area contributed by atoms with Crippen molar-refractivity contribution < 1.29 is 9.53 Å². The van der Waals surface area contributed by atoms with Gasteiger partial charge < -0.3 is 4.74 Å². The summed E-state index contributed by atoms with van der Waals surface area (Å²) in [6.45, 7) is 3.18. The highest BCUT2D eigenvalue weighted by atomic mass is 35.5. The Morgan fingerprint density at radius 1 is 0.889 bits per heavy atom. The molecule has 4 rings (SSSR count). The second-order valence-electron chi connectivity index (χ2n) is 11.6. The van der Waals surface area contributed by atoms with Gasteiger partial charge in [0.1, 0.15) is 6.10 Å². The molecule has 5 heteroatoms. The van der Waals surface area contributed by atoms with Gasteiger partial charge in [-0.25, -0.2) is 0 Å². The number of halogens is 2. The summed E-state index contributed by atoms with van der Waals surface area (Å²) in [5.41, 5.74) is 1.25. The predicted molar refractivity (Wildman–Crippen MR) is 151 cm³/mol. The minimum absolute atomic E-state index is 0.000542. The maximum Gasteiger partial charge on any atom is 0.306 e. The standard InChI is InChI=1S/C31H47Cl2NO2/c1-2-3-4-5-6-7-8-9-10-11-12-13-14-15-30(35)36-29-22-34-24-17-19-28(34)31(29)25(21-24)23-16-18-26(32)27(33)20-23/h16,18,20,24-25,28-29,31H,2-15,17,19,21-22H2,1H3/t24-,25+,28+,29+,31-/m0/s1. The van der Waals surface area contributed by atoms with Gasteiger partial charge in [0, 0.05) is 31.0 Å². The summed E-state index contributed by atoms with van der Waals surface area (Å²) in [4.78, 5) is 15.4. The molecule has 3 fully saturated rings. The SMILES string of the molecule is CCCCCCCCCCCCCCCC(=O)O[C@@H]1CN2[C@H]3CC[C@@H]2[C@@H]1[C@@H](c1ccc(Cl)c(Cl)c1)C3. The van der Waals surface area contributed by atoms with Gasteiger partial charge in [-0.1, -0.05) is 113 Å². The van der Waals surface area contributed by atoms with Crippen molar-refractivity contribution in [3.05, 3.63) is 33.8 Å². The molecular weight excluding hydrogens is 489 g/mol.